The molecule has 2 heterocycles. The van der Waals surface area contributed by atoms with Gasteiger partial charge in [0.2, 0.25) is 5.91 Å². The van der Waals surface area contributed by atoms with E-state index in [4.69, 9.17) is 5.41 Å². The minimum Gasteiger partial charge on any atom is -0.349 e. The number of para-hydroxylation sites is 1. The van der Waals surface area contributed by atoms with E-state index in [1.54, 1.807) is 16.7 Å². The highest BCUT2D eigenvalue weighted by atomic mass is 32.2. The smallest absolute Gasteiger partial charge is 0.233 e. The summed E-state index contributed by atoms with van der Waals surface area (Å²) in [6.45, 7) is 1.97. The fourth-order valence-electron chi connectivity index (χ4n) is 3.12. The number of carbonyl (C=O) groups excluding carboxylic acids is 1. The van der Waals surface area contributed by atoms with Gasteiger partial charge in [0.05, 0.1) is 23.2 Å². The van der Waals surface area contributed by atoms with E-state index in [1.807, 2.05) is 61.5 Å². The average Bonchev–Trinajstić information content (AvgIpc) is 3.15. The van der Waals surface area contributed by atoms with Crippen LogP contribution >= 0.6 is 11.8 Å². The fraction of sp³-hybridized carbons (Fsp3) is 0.158. The normalized spacial score (nSPS) is 21.0. The number of anilines is 1. The van der Waals surface area contributed by atoms with Gasteiger partial charge >= 0.3 is 0 Å². The first-order chi connectivity index (χ1) is 11.6. The van der Waals surface area contributed by atoms with Crippen LogP contribution in [0, 0.1) is 5.41 Å². The summed E-state index contributed by atoms with van der Waals surface area (Å²) >= 11 is 1.60. The first-order valence-electron chi connectivity index (χ1n) is 7.88. The van der Waals surface area contributed by atoms with Crippen LogP contribution in [0.25, 0.3) is 0 Å². The standard InChI is InChI=1S/C19H17N3OS/c1-12(13-7-3-2-4-8-13)22-17(23)11-14(18(22)20)19-21-15-9-5-6-10-16(15)24-19/h2-10,12,20-21H,11H2,1H3/t12-/m0/s1. The van der Waals surface area contributed by atoms with E-state index in [9.17, 15) is 4.79 Å². The Labute approximate surface area is 145 Å². The lowest BCUT2D eigenvalue weighted by molar-refractivity contribution is -0.126. The molecule has 0 spiro atoms. The summed E-state index contributed by atoms with van der Waals surface area (Å²) in [5.41, 5.74) is 2.86. The van der Waals surface area contributed by atoms with Gasteiger partial charge in [-0.05, 0) is 24.6 Å². The quantitative estimate of drug-likeness (QED) is 0.856. The lowest BCUT2D eigenvalue weighted by atomic mass is 10.1. The topological polar surface area (TPSA) is 56.2 Å². The SMILES string of the molecule is C[C@@H](c1ccccc1)N1C(=N)C(=C2Nc3ccccc3S2)CC1=O. The van der Waals surface area contributed by atoms with Gasteiger partial charge in [-0.25, -0.2) is 0 Å². The molecule has 4 nitrogen and oxygen atoms in total. The van der Waals surface area contributed by atoms with E-state index >= 15 is 0 Å². The lowest BCUT2D eigenvalue weighted by Gasteiger charge is -2.24. The maximum atomic E-state index is 12.6. The number of likely N-dealkylation sites (tertiary alicyclic amines) is 1. The number of hydrogen-bond acceptors (Lipinski definition) is 4. The number of fused-ring (bicyclic) bond motifs is 1. The number of thioether (sulfide) groups is 1. The molecule has 1 saturated heterocycles. The molecule has 5 heteroatoms. The number of nitrogens with zero attached hydrogens (tertiary/aromatic N) is 1. The maximum absolute atomic E-state index is 12.6. The second-order valence-corrected chi connectivity index (χ2v) is 6.96. The predicted octanol–water partition coefficient (Wildman–Crippen LogP) is 4.39. The Morgan fingerprint density at radius 1 is 1.12 bits per heavy atom. The zero-order valence-electron chi connectivity index (χ0n) is 13.2. The molecular weight excluding hydrogens is 318 g/mol. The molecule has 0 saturated carbocycles. The number of amidine groups is 1. The third-order valence-electron chi connectivity index (χ3n) is 4.41. The van der Waals surface area contributed by atoms with Crippen LogP contribution < -0.4 is 5.32 Å². The summed E-state index contributed by atoms with van der Waals surface area (Å²) in [5, 5.41) is 12.8. The van der Waals surface area contributed by atoms with Crippen molar-refractivity contribution in [1.82, 2.24) is 4.90 Å². The summed E-state index contributed by atoms with van der Waals surface area (Å²) < 4.78 is 0. The molecule has 2 aromatic rings. The Morgan fingerprint density at radius 2 is 1.83 bits per heavy atom. The minimum atomic E-state index is -0.141. The molecule has 2 aliphatic rings. The van der Waals surface area contributed by atoms with Crippen molar-refractivity contribution in [2.75, 3.05) is 5.32 Å². The summed E-state index contributed by atoms with van der Waals surface area (Å²) in [4.78, 5) is 15.3. The molecule has 0 unspecified atom stereocenters. The molecule has 4 rings (SSSR count). The van der Waals surface area contributed by atoms with Crippen molar-refractivity contribution in [3.63, 3.8) is 0 Å². The number of nitrogens with one attached hydrogen (secondary N) is 2. The molecule has 1 amide bonds. The monoisotopic (exact) mass is 335 g/mol. The highest BCUT2D eigenvalue weighted by molar-refractivity contribution is 8.03. The van der Waals surface area contributed by atoms with Crippen molar-refractivity contribution < 1.29 is 4.79 Å². The second kappa shape index (κ2) is 5.83. The molecule has 0 aliphatic carbocycles. The molecule has 2 aliphatic heterocycles. The molecule has 120 valence electrons. The van der Waals surface area contributed by atoms with Gasteiger partial charge in [-0.1, -0.05) is 54.2 Å². The van der Waals surface area contributed by atoms with Gasteiger partial charge in [-0.2, -0.15) is 0 Å². The van der Waals surface area contributed by atoms with Crippen molar-refractivity contribution in [2.24, 2.45) is 0 Å². The predicted molar refractivity (Wildman–Crippen MR) is 97.0 cm³/mol. The van der Waals surface area contributed by atoms with Crippen LogP contribution in [-0.4, -0.2) is 16.6 Å². The zero-order chi connectivity index (χ0) is 16.7. The summed E-state index contributed by atoms with van der Waals surface area (Å²) in [6.07, 6.45) is 0.277. The molecule has 1 fully saturated rings. The number of rotatable bonds is 2. The highest BCUT2D eigenvalue weighted by Crippen LogP contribution is 2.44. The Hall–Kier alpha value is -2.53. The van der Waals surface area contributed by atoms with Crippen LogP contribution in [0.1, 0.15) is 24.9 Å². The largest absolute Gasteiger partial charge is 0.349 e. The van der Waals surface area contributed by atoms with Gasteiger partial charge in [0.15, 0.2) is 0 Å². The highest BCUT2D eigenvalue weighted by Gasteiger charge is 2.37. The van der Waals surface area contributed by atoms with Crippen LogP contribution in [0.2, 0.25) is 0 Å². The van der Waals surface area contributed by atoms with Crippen molar-refractivity contribution >= 4 is 29.2 Å². The van der Waals surface area contributed by atoms with Gasteiger partial charge in [0.1, 0.15) is 5.84 Å². The molecule has 1 atom stereocenters. The van der Waals surface area contributed by atoms with Crippen molar-refractivity contribution in [2.45, 2.75) is 24.3 Å². The van der Waals surface area contributed by atoms with Crippen LogP contribution in [0.15, 0.2) is 70.1 Å². The number of carbonyl (C=O) groups is 1. The van der Waals surface area contributed by atoms with Crippen molar-refractivity contribution in [3.8, 4) is 0 Å². The van der Waals surface area contributed by atoms with Crippen LogP contribution in [0.3, 0.4) is 0 Å². The van der Waals surface area contributed by atoms with E-state index < -0.39 is 0 Å². The molecule has 2 aromatic carbocycles. The van der Waals surface area contributed by atoms with Gasteiger partial charge in [-0.3, -0.25) is 15.1 Å². The van der Waals surface area contributed by atoms with Gasteiger partial charge in [0.25, 0.3) is 0 Å². The Morgan fingerprint density at radius 3 is 2.58 bits per heavy atom. The second-order valence-electron chi connectivity index (χ2n) is 5.91. The Bertz CT molecular complexity index is 833. The van der Waals surface area contributed by atoms with Crippen LogP contribution in [-0.2, 0) is 4.79 Å². The van der Waals surface area contributed by atoms with E-state index in [0.29, 0.717) is 5.84 Å². The van der Waals surface area contributed by atoms with Gasteiger partial charge in [0, 0.05) is 10.5 Å². The third-order valence-corrected chi connectivity index (χ3v) is 5.54. The maximum Gasteiger partial charge on any atom is 0.233 e. The summed E-state index contributed by atoms with van der Waals surface area (Å²) in [7, 11) is 0. The Kier molecular flexibility index (Phi) is 3.65. The van der Waals surface area contributed by atoms with Crippen molar-refractivity contribution in [1.29, 1.82) is 5.41 Å². The average molecular weight is 335 g/mol. The third kappa shape index (κ3) is 2.41. The van der Waals surface area contributed by atoms with E-state index in [1.165, 1.54) is 0 Å². The summed E-state index contributed by atoms with van der Waals surface area (Å²) in [5.74, 6) is 0.288. The number of hydrogen-bond donors (Lipinski definition) is 2. The summed E-state index contributed by atoms with van der Waals surface area (Å²) in [6, 6.07) is 17.8. The molecule has 0 bridgehead atoms. The number of amides is 1. The van der Waals surface area contributed by atoms with E-state index in [2.05, 4.69) is 5.32 Å². The van der Waals surface area contributed by atoms with Gasteiger partial charge < -0.3 is 5.32 Å². The Balaban J connectivity index is 1.64. The molecular formula is C19H17N3OS. The van der Waals surface area contributed by atoms with Crippen LogP contribution in [0.5, 0.6) is 0 Å². The van der Waals surface area contributed by atoms with E-state index in [-0.39, 0.29) is 18.4 Å². The minimum absolute atomic E-state index is 0.0165. The van der Waals surface area contributed by atoms with E-state index in [0.717, 1.165) is 26.7 Å². The lowest BCUT2D eigenvalue weighted by Crippen LogP contribution is -2.32. The molecule has 0 radical (unpaired) electrons. The zero-order valence-corrected chi connectivity index (χ0v) is 14.1. The molecule has 24 heavy (non-hydrogen) atoms. The fourth-order valence-corrected chi connectivity index (χ4v) is 4.17. The first kappa shape index (κ1) is 15.0. The molecule has 0 aromatic heterocycles. The van der Waals surface area contributed by atoms with Crippen molar-refractivity contribution in [3.05, 3.63) is 70.8 Å². The first-order valence-corrected chi connectivity index (χ1v) is 8.70. The van der Waals surface area contributed by atoms with Crippen LogP contribution in [0.4, 0.5) is 5.69 Å². The molecule has 2 N–H and O–H groups in total. The number of benzene rings is 2. The van der Waals surface area contributed by atoms with Gasteiger partial charge in [-0.15, -0.1) is 0 Å².